The van der Waals surface area contributed by atoms with Crippen LogP contribution in [-0.2, 0) is 36.8 Å². The minimum absolute atomic E-state index is 0.115. The zero-order valence-corrected chi connectivity index (χ0v) is 19.2. The number of aromatic amines is 2. The summed E-state index contributed by atoms with van der Waals surface area (Å²) in [6.07, 6.45) is 4.73. The first-order valence-electron chi connectivity index (χ1n) is 10.3. The molecule has 0 saturated carbocycles. The summed E-state index contributed by atoms with van der Waals surface area (Å²) in [5.41, 5.74) is 6.86. The van der Waals surface area contributed by atoms with Crippen molar-refractivity contribution in [3.8, 4) is 0 Å². The van der Waals surface area contributed by atoms with Gasteiger partial charge in [-0.15, -0.1) is 0 Å². The van der Waals surface area contributed by atoms with Gasteiger partial charge in [-0.2, -0.15) is 12.6 Å². The summed E-state index contributed by atoms with van der Waals surface area (Å²) >= 11 is 4.03. The molecule has 2 heterocycles. The number of hydrogen-bond acceptors (Lipinski definition) is 9. The molecule has 2 rings (SSSR count). The Morgan fingerprint density at radius 1 is 0.857 bits per heavy atom. The van der Waals surface area contributed by atoms with Crippen molar-refractivity contribution in [2.45, 2.75) is 43.4 Å². The minimum atomic E-state index is -1.62. The summed E-state index contributed by atoms with van der Waals surface area (Å²) in [4.78, 5) is 73.6. The maximum absolute atomic E-state index is 12.7. The number of aromatic nitrogens is 4. The van der Waals surface area contributed by atoms with Crippen LogP contribution in [0.15, 0.2) is 25.0 Å². The molecular formula is C19H26N8O7S. The second-order valence-corrected chi connectivity index (χ2v) is 7.84. The monoisotopic (exact) mass is 510 g/mol. The Morgan fingerprint density at radius 2 is 1.37 bits per heavy atom. The molecule has 0 spiro atoms. The van der Waals surface area contributed by atoms with E-state index in [1.54, 1.807) is 0 Å². The largest absolute Gasteiger partial charge is 0.481 e. The maximum Gasteiger partial charge on any atom is 0.326 e. The van der Waals surface area contributed by atoms with Crippen LogP contribution < -0.4 is 21.7 Å². The summed E-state index contributed by atoms with van der Waals surface area (Å²) in [6, 6.07) is -5.32. The Hall–Kier alpha value is -3.92. The van der Waals surface area contributed by atoms with Crippen molar-refractivity contribution < 1.29 is 34.2 Å². The van der Waals surface area contributed by atoms with E-state index >= 15 is 0 Å². The molecule has 0 aliphatic rings. The molecule has 0 aliphatic heterocycles. The highest BCUT2D eigenvalue weighted by Crippen LogP contribution is 2.03. The fourth-order valence-electron chi connectivity index (χ4n) is 2.94. The summed E-state index contributed by atoms with van der Waals surface area (Å²) in [6.45, 7) is 0. The van der Waals surface area contributed by atoms with Crippen LogP contribution in [-0.4, -0.2) is 89.7 Å². The molecule has 2 aromatic heterocycles. The van der Waals surface area contributed by atoms with Gasteiger partial charge in [0, 0.05) is 42.4 Å². The Balaban J connectivity index is 2.03. The molecule has 16 heteroatoms. The molecule has 0 radical (unpaired) electrons. The van der Waals surface area contributed by atoms with Gasteiger partial charge in [0.25, 0.3) is 0 Å². The number of rotatable bonds is 14. The zero-order chi connectivity index (χ0) is 26.0. The molecular weight excluding hydrogens is 484 g/mol. The number of carboxylic acids is 2. The number of carbonyl (C=O) groups excluding carboxylic acids is 3. The molecule has 0 aliphatic carbocycles. The van der Waals surface area contributed by atoms with Gasteiger partial charge in [-0.1, -0.05) is 0 Å². The molecule has 0 saturated heterocycles. The second-order valence-electron chi connectivity index (χ2n) is 7.47. The van der Waals surface area contributed by atoms with Crippen molar-refractivity contribution >= 4 is 42.3 Å². The number of aliphatic carboxylic acids is 2. The number of nitrogens with zero attached hydrogens (tertiary/aromatic N) is 2. The average molecular weight is 511 g/mol. The van der Waals surface area contributed by atoms with Crippen molar-refractivity contribution in [1.82, 2.24) is 35.9 Å². The lowest BCUT2D eigenvalue weighted by Crippen LogP contribution is -2.58. The number of thiol groups is 1. The van der Waals surface area contributed by atoms with Crippen molar-refractivity contribution in [1.29, 1.82) is 0 Å². The van der Waals surface area contributed by atoms with Crippen molar-refractivity contribution in [2.75, 3.05) is 5.75 Å². The number of carbonyl (C=O) groups is 5. The van der Waals surface area contributed by atoms with Gasteiger partial charge in [0.15, 0.2) is 0 Å². The highest BCUT2D eigenvalue weighted by atomic mass is 32.1. The fraction of sp³-hybridized carbons (Fsp3) is 0.421. The summed E-state index contributed by atoms with van der Waals surface area (Å²) < 4.78 is 0. The van der Waals surface area contributed by atoms with Gasteiger partial charge in [-0.25, -0.2) is 14.8 Å². The molecule has 190 valence electrons. The van der Waals surface area contributed by atoms with Crippen LogP contribution >= 0.6 is 12.6 Å². The minimum Gasteiger partial charge on any atom is -0.481 e. The van der Waals surface area contributed by atoms with E-state index in [1.165, 1.54) is 25.0 Å². The number of H-pyrrole nitrogens is 2. The predicted molar refractivity (Wildman–Crippen MR) is 122 cm³/mol. The molecule has 3 amide bonds. The molecule has 0 aromatic carbocycles. The van der Waals surface area contributed by atoms with E-state index in [4.69, 9.17) is 10.8 Å². The summed E-state index contributed by atoms with van der Waals surface area (Å²) in [5.74, 6) is -5.60. The molecule has 0 fully saturated rings. The van der Waals surface area contributed by atoms with Gasteiger partial charge < -0.3 is 41.9 Å². The standard InChI is InChI=1S/C19H26N8O7S/c20-11(1-9-4-21-7-23-9)16(30)27-14(6-35)18(32)25-12(3-15(28)29)17(31)26-13(19(33)34)2-10-5-22-8-24-10/h4-5,7-8,11-14,35H,1-3,6,20H2,(H,21,23)(H,22,24)(H,25,32)(H,26,31)(H,27,30)(H,28,29)(H,33,34). The Labute approximate surface area is 204 Å². The van der Waals surface area contributed by atoms with Crippen LogP contribution in [0.4, 0.5) is 0 Å². The number of carboxylic acid groups (broad SMARTS) is 2. The van der Waals surface area contributed by atoms with Crippen molar-refractivity contribution in [3.05, 3.63) is 36.4 Å². The van der Waals surface area contributed by atoms with Gasteiger partial charge in [0.1, 0.15) is 18.1 Å². The second kappa shape index (κ2) is 13.1. The molecule has 4 atom stereocenters. The first-order chi connectivity index (χ1) is 16.6. The highest BCUT2D eigenvalue weighted by molar-refractivity contribution is 7.80. The third-order valence-electron chi connectivity index (χ3n) is 4.75. The number of imidazole rings is 2. The molecule has 4 unspecified atom stereocenters. The number of nitrogens with one attached hydrogen (secondary N) is 5. The number of amides is 3. The third kappa shape index (κ3) is 8.74. The van der Waals surface area contributed by atoms with E-state index < -0.39 is 60.2 Å². The molecule has 9 N–H and O–H groups in total. The van der Waals surface area contributed by atoms with Crippen LogP contribution in [0.2, 0.25) is 0 Å². The SMILES string of the molecule is NC(Cc1cnc[nH]1)C(=O)NC(CS)C(=O)NC(CC(=O)O)C(=O)NC(Cc1cnc[nH]1)C(=O)O. The Kier molecular flexibility index (Phi) is 10.2. The Morgan fingerprint density at radius 3 is 1.86 bits per heavy atom. The molecule has 2 aromatic rings. The average Bonchev–Trinajstić information content (AvgIpc) is 3.50. The van der Waals surface area contributed by atoms with E-state index in [-0.39, 0.29) is 18.6 Å². The molecule has 15 nitrogen and oxygen atoms in total. The van der Waals surface area contributed by atoms with E-state index in [0.29, 0.717) is 11.4 Å². The van der Waals surface area contributed by atoms with E-state index in [2.05, 4.69) is 48.5 Å². The lowest BCUT2D eigenvalue weighted by Gasteiger charge is -2.23. The van der Waals surface area contributed by atoms with E-state index in [0.717, 1.165) is 0 Å². The number of nitrogens with two attached hydrogens (primary N) is 1. The first-order valence-corrected chi connectivity index (χ1v) is 10.9. The lowest BCUT2D eigenvalue weighted by atomic mass is 10.1. The quantitative estimate of drug-likeness (QED) is 0.118. The fourth-order valence-corrected chi connectivity index (χ4v) is 3.20. The predicted octanol–water partition coefficient (Wildman–Crippen LogP) is -2.81. The van der Waals surface area contributed by atoms with Gasteiger partial charge >= 0.3 is 11.9 Å². The van der Waals surface area contributed by atoms with Crippen LogP contribution in [0, 0.1) is 0 Å². The molecule has 35 heavy (non-hydrogen) atoms. The van der Waals surface area contributed by atoms with Crippen molar-refractivity contribution in [2.24, 2.45) is 5.73 Å². The van der Waals surface area contributed by atoms with Crippen molar-refractivity contribution in [3.63, 3.8) is 0 Å². The third-order valence-corrected chi connectivity index (χ3v) is 5.12. The van der Waals surface area contributed by atoms with Crippen LogP contribution in [0.5, 0.6) is 0 Å². The van der Waals surface area contributed by atoms with Crippen LogP contribution in [0.1, 0.15) is 17.8 Å². The maximum atomic E-state index is 12.7. The highest BCUT2D eigenvalue weighted by Gasteiger charge is 2.31. The van der Waals surface area contributed by atoms with Gasteiger partial charge in [0.05, 0.1) is 25.1 Å². The Bertz CT molecular complexity index is 1010. The first kappa shape index (κ1) is 27.3. The van der Waals surface area contributed by atoms with Crippen LogP contribution in [0.3, 0.4) is 0 Å². The topological polar surface area (TPSA) is 245 Å². The van der Waals surface area contributed by atoms with Gasteiger partial charge in [0.2, 0.25) is 17.7 Å². The van der Waals surface area contributed by atoms with Gasteiger partial charge in [-0.3, -0.25) is 19.2 Å². The summed E-state index contributed by atoms with van der Waals surface area (Å²) in [5, 5.41) is 25.4. The lowest BCUT2D eigenvalue weighted by molar-refractivity contribution is -0.143. The van der Waals surface area contributed by atoms with E-state index in [9.17, 15) is 29.1 Å². The smallest absolute Gasteiger partial charge is 0.326 e. The zero-order valence-electron chi connectivity index (χ0n) is 18.3. The molecule has 0 bridgehead atoms. The summed E-state index contributed by atoms with van der Waals surface area (Å²) in [7, 11) is 0. The normalized spacial score (nSPS) is 14.2. The van der Waals surface area contributed by atoms with Crippen LogP contribution in [0.25, 0.3) is 0 Å². The van der Waals surface area contributed by atoms with E-state index in [1.807, 2.05) is 0 Å². The number of hydrogen-bond donors (Lipinski definition) is 9. The van der Waals surface area contributed by atoms with Gasteiger partial charge in [-0.05, 0) is 0 Å².